The molecular formula is C11H12F3NO. The van der Waals surface area contributed by atoms with E-state index in [-0.39, 0.29) is 18.2 Å². The summed E-state index contributed by atoms with van der Waals surface area (Å²) < 4.78 is 39.1. The third-order valence-electron chi connectivity index (χ3n) is 2.90. The highest BCUT2D eigenvalue weighted by molar-refractivity contribution is 5.49. The Kier molecular flexibility index (Phi) is 3.05. The van der Waals surface area contributed by atoms with Crippen LogP contribution in [-0.4, -0.2) is 24.8 Å². The van der Waals surface area contributed by atoms with Crippen molar-refractivity contribution < 1.29 is 18.3 Å². The second-order valence-electron chi connectivity index (χ2n) is 3.98. The number of rotatable bonds is 2. The van der Waals surface area contributed by atoms with Gasteiger partial charge in [0.25, 0.3) is 0 Å². The highest BCUT2D eigenvalue weighted by Gasteiger charge is 2.25. The Morgan fingerprint density at radius 1 is 1.25 bits per heavy atom. The maximum atomic E-state index is 13.4. The minimum Gasteiger partial charge on any atom is -0.396 e. The van der Waals surface area contributed by atoms with Crippen LogP contribution < -0.4 is 4.90 Å². The third kappa shape index (κ3) is 1.87. The number of hydrogen-bond donors (Lipinski definition) is 1. The van der Waals surface area contributed by atoms with Crippen LogP contribution in [0.2, 0.25) is 0 Å². The molecule has 1 aliphatic rings. The van der Waals surface area contributed by atoms with Gasteiger partial charge in [0, 0.05) is 25.6 Å². The van der Waals surface area contributed by atoms with Gasteiger partial charge in [-0.25, -0.2) is 13.2 Å². The van der Waals surface area contributed by atoms with Crippen molar-refractivity contribution in [3.63, 3.8) is 0 Å². The second-order valence-corrected chi connectivity index (χ2v) is 3.98. The Balaban J connectivity index is 2.25. The minimum absolute atomic E-state index is 0.0296. The van der Waals surface area contributed by atoms with Crippen molar-refractivity contribution >= 4 is 5.69 Å². The summed E-state index contributed by atoms with van der Waals surface area (Å²) in [7, 11) is 0. The molecule has 1 atom stereocenters. The minimum atomic E-state index is -1.44. The molecule has 1 fully saturated rings. The molecule has 0 amide bonds. The van der Waals surface area contributed by atoms with Crippen LogP contribution in [0.1, 0.15) is 6.42 Å². The molecule has 1 aromatic carbocycles. The van der Waals surface area contributed by atoms with Gasteiger partial charge in [0.1, 0.15) is 0 Å². The Bertz CT molecular complexity index is 397. The van der Waals surface area contributed by atoms with Crippen LogP contribution in [0, 0.1) is 23.4 Å². The van der Waals surface area contributed by atoms with E-state index in [9.17, 15) is 13.2 Å². The fourth-order valence-corrected chi connectivity index (χ4v) is 1.96. The molecule has 0 bridgehead atoms. The Labute approximate surface area is 91.3 Å². The quantitative estimate of drug-likeness (QED) is 0.786. The lowest BCUT2D eigenvalue weighted by molar-refractivity contribution is 0.238. The van der Waals surface area contributed by atoms with E-state index in [1.54, 1.807) is 4.90 Å². The van der Waals surface area contributed by atoms with Gasteiger partial charge in [0.2, 0.25) is 0 Å². The van der Waals surface area contributed by atoms with Gasteiger partial charge < -0.3 is 10.0 Å². The van der Waals surface area contributed by atoms with Crippen molar-refractivity contribution in [1.82, 2.24) is 0 Å². The van der Waals surface area contributed by atoms with E-state index in [0.717, 1.165) is 12.5 Å². The molecule has 2 rings (SSSR count). The van der Waals surface area contributed by atoms with E-state index in [1.165, 1.54) is 6.07 Å². The first kappa shape index (κ1) is 11.3. The molecule has 1 aliphatic heterocycles. The van der Waals surface area contributed by atoms with Crippen molar-refractivity contribution in [3.05, 3.63) is 29.6 Å². The van der Waals surface area contributed by atoms with Gasteiger partial charge >= 0.3 is 0 Å². The molecule has 1 saturated heterocycles. The fourth-order valence-electron chi connectivity index (χ4n) is 1.96. The lowest BCUT2D eigenvalue weighted by Crippen LogP contribution is -2.22. The number of halogens is 3. The van der Waals surface area contributed by atoms with Crippen LogP contribution >= 0.6 is 0 Å². The topological polar surface area (TPSA) is 23.5 Å². The largest absolute Gasteiger partial charge is 0.396 e. The molecule has 2 nitrogen and oxygen atoms in total. The van der Waals surface area contributed by atoms with Gasteiger partial charge in [-0.1, -0.05) is 0 Å². The van der Waals surface area contributed by atoms with Crippen molar-refractivity contribution in [3.8, 4) is 0 Å². The van der Waals surface area contributed by atoms with Gasteiger partial charge in [-0.2, -0.15) is 0 Å². The Morgan fingerprint density at radius 3 is 2.62 bits per heavy atom. The van der Waals surface area contributed by atoms with E-state index < -0.39 is 17.5 Å². The van der Waals surface area contributed by atoms with Crippen LogP contribution in [0.15, 0.2) is 12.1 Å². The number of aliphatic hydroxyl groups excluding tert-OH is 1. The first-order chi connectivity index (χ1) is 7.63. The molecule has 1 heterocycles. The molecule has 88 valence electrons. The molecule has 1 N–H and O–H groups in total. The maximum Gasteiger partial charge on any atom is 0.196 e. The summed E-state index contributed by atoms with van der Waals surface area (Å²) in [6.07, 6.45) is 0.731. The van der Waals surface area contributed by atoms with E-state index >= 15 is 0 Å². The van der Waals surface area contributed by atoms with Crippen LogP contribution in [0.3, 0.4) is 0 Å². The lowest BCUT2D eigenvalue weighted by Gasteiger charge is -2.19. The number of anilines is 1. The zero-order chi connectivity index (χ0) is 11.7. The average molecular weight is 231 g/mol. The van der Waals surface area contributed by atoms with Crippen molar-refractivity contribution in [2.45, 2.75) is 6.42 Å². The first-order valence-corrected chi connectivity index (χ1v) is 5.12. The van der Waals surface area contributed by atoms with Gasteiger partial charge in [-0.3, -0.25) is 0 Å². The van der Waals surface area contributed by atoms with Gasteiger partial charge in [-0.05, 0) is 18.6 Å². The summed E-state index contributed by atoms with van der Waals surface area (Å²) in [5.41, 5.74) is 0.0647. The molecule has 0 aliphatic carbocycles. The summed E-state index contributed by atoms with van der Waals surface area (Å²) >= 11 is 0. The third-order valence-corrected chi connectivity index (χ3v) is 2.90. The van der Waals surface area contributed by atoms with Gasteiger partial charge in [-0.15, -0.1) is 0 Å². The van der Waals surface area contributed by atoms with Crippen molar-refractivity contribution in [2.75, 3.05) is 24.6 Å². The molecule has 1 aromatic rings. The number of nitrogens with zero attached hydrogens (tertiary/aromatic N) is 1. The molecular weight excluding hydrogens is 219 g/mol. The smallest absolute Gasteiger partial charge is 0.196 e. The summed E-state index contributed by atoms with van der Waals surface area (Å²) in [5.74, 6) is -3.70. The SMILES string of the molecule is OCC1CCN(c2ccc(F)c(F)c2F)C1. The Morgan fingerprint density at radius 2 is 2.00 bits per heavy atom. The van der Waals surface area contributed by atoms with E-state index in [2.05, 4.69) is 0 Å². The predicted octanol–water partition coefficient (Wildman–Crippen LogP) is 1.92. The van der Waals surface area contributed by atoms with Crippen molar-refractivity contribution in [1.29, 1.82) is 0 Å². The standard InChI is InChI=1S/C11H12F3NO/c12-8-1-2-9(11(14)10(8)13)15-4-3-7(5-15)6-16/h1-2,7,16H,3-6H2. The summed E-state index contributed by atoms with van der Waals surface area (Å²) in [5, 5.41) is 8.94. The maximum absolute atomic E-state index is 13.4. The van der Waals surface area contributed by atoms with Crippen molar-refractivity contribution in [2.24, 2.45) is 5.92 Å². The first-order valence-electron chi connectivity index (χ1n) is 5.12. The van der Waals surface area contributed by atoms with Crippen LogP contribution in [0.5, 0.6) is 0 Å². The zero-order valence-corrected chi connectivity index (χ0v) is 8.59. The molecule has 5 heteroatoms. The van der Waals surface area contributed by atoms with Gasteiger partial charge in [0.15, 0.2) is 17.5 Å². The van der Waals surface area contributed by atoms with Crippen LogP contribution in [0.4, 0.5) is 18.9 Å². The zero-order valence-electron chi connectivity index (χ0n) is 8.59. The lowest BCUT2D eigenvalue weighted by atomic mass is 10.1. The fraction of sp³-hybridized carbons (Fsp3) is 0.455. The molecule has 0 spiro atoms. The number of aliphatic hydroxyl groups is 1. The molecule has 16 heavy (non-hydrogen) atoms. The second kappa shape index (κ2) is 4.33. The average Bonchev–Trinajstić information content (AvgIpc) is 2.74. The van der Waals surface area contributed by atoms with E-state index in [4.69, 9.17) is 5.11 Å². The predicted molar refractivity (Wildman–Crippen MR) is 53.7 cm³/mol. The van der Waals surface area contributed by atoms with E-state index in [0.29, 0.717) is 13.1 Å². The number of hydrogen-bond acceptors (Lipinski definition) is 2. The highest BCUT2D eigenvalue weighted by Crippen LogP contribution is 2.28. The molecule has 0 aromatic heterocycles. The number of benzene rings is 1. The van der Waals surface area contributed by atoms with Gasteiger partial charge in [0.05, 0.1) is 5.69 Å². The van der Waals surface area contributed by atoms with Crippen LogP contribution in [0.25, 0.3) is 0 Å². The normalized spacial score (nSPS) is 20.5. The summed E-state index contributed by atoms with van der Waals surface area (Å²) in [6.45, 7) is 1.05. The molecule has 1 unspecified atom stereocenters. The highest BCUT2D eigenvalue weighted by atomic mass is 19.2. The molecule has 0 saturated carbocycles. The summed E-state index contributed by atoms with van der Waals surface area (Å²) in [6, 6.07) is 2.15. The monoisotopic (exact) mass is 231 g/mol. The summed E-state index contributed by atoms with van der Waals surface area (Å²) in [4.78, 5) is 1.62. The van der Waals surface area contributed by atoms with Crippen LogP contribution in [-0.2, 0) is 0 Å². The molecule has 0 radical (unpaired) electrons. The van der Waals surface area contributed by atoms with E-state index in [1.807, 2.05) is 0 Å². The Hall–Kier alpha value is -1.23.